The number of hydrogen-bond donors (Lipinski definition) is 1. The molecule has 1 aliphatic rings. The van der Waals surface area contributed by atoms with Gasteiger partial charge in [-0.15, -0.1) is 0 Å². The van der Waals surface area contributed by atoms with E-state index >= 15 is 0 Å². The lowest BCUT2D eigenvalue weighted by molar-refractivity contribution is 0.147. The number of carbonyl (C=O) groups excluding carboxylic acids is 1. The van der Waals surface area contributed by atoms with Crippen molar-refractivity contribution in [3.8, 4) is 0 Å². The van der Waals surface area contributed by atoms with Crippen molar-refractivity contribution in [1.82, 2.24) is 10.2 Å². The van der Waals surface area contributed by atoms with Gasteiger partial charge in [-0.1, -0.05) is 30.3 Å². The summed E-state index contributed by atoms with van der Waals surface area (Å²) in [5.41, 5.74) is 1.13. The van der Waals surface area contributed by atoms with E-state index in [1.165, 1.54) is 0 Å². The molecule has 0 aliphatic carbocycles. The molecule has 2 unspecified atom stereocenters. The van der Waals surface area contributed by atoms with E-state index in [4.69, 9.17) is 4.74 Å². The summed E-state index contributed by atoms with van der Waals surface area (Å²) in [4.78, 5) is 13.6. The van der Waals surface area contributed by atoms with Crippen molar-refractivity contribution < 1.29 is 9.53 Å². The highest BCUT2D eigenvalue weighted by molar-refractivity contribution is 5.70. The van der Waals surface area contributed by atoms with Gasteiger partial charge in [0, 0.05) is 6.54 Å². The molecule has 1 fully saturated rings. The molecular formula is C13H18N2O2. The van der Waals surface area contributed by atoms with Crippen molar-refractivity contribution in [3.05, 3.63) is 35.9 Å². The standard InChI is InChI=1S/C13H18N2O2/c1-10(11-6-4-3-5-7-11)15-12(8-14-2)9-17-13(15)16/h3-7,10,12,14H,8-9H2,1-2H3. The Labute approximate surface area is 102 Å². The fourth-order valence-electron chi connectivity index (χ4n) is 2.23. The number of nitrogens with zero attached hydrogens (tertiary/aromatic N) is 1. The van der Waals surface area contributed by atoms with Crippen molar-refractivity contribution in [3.63, 3.8) is 0 Å². The predicted molar refractivity (Wildman–Crippen MR) is 65.8 cm³/mol. The van der Waals surface area contributed by atoms with E-state index in [-0.39, 0.29) is 18.2 Å². The summed E-state index contributed by atoms with van der Waals surface area (Å²) in [5.74, 6) is 0. The van der Waals surface area contributed by atoms with Crippen LogP contribution in [0.3, 0.4) is 0 Å². The third kappa shape index (κ3) is 2.42. The summed E-state index contributed by atoms with van der Waals surface area (Å²) < 4.78 is 5.12. The number of ether oxygens (including phenoxy) is 1. The minimum Gasteiger partial charge on any atom is -0.447 e. The van der Waals surface area contributed by atoms with Crippen LogP contribution in [0.4, 0.5) is 4.79 Å². The molecule has 2 atom stereocenters. The molecule has 4 heteroatoms. The molecule has 1 aliphatic heterocycles. The zero-order valence-corrected chi connectivity index (χ0v) is 10.2. The summed E-state index contributed by atoms with van der Waals surface area (Å²) in [7, 11) is 1.88. The third-order valence-corrected chi connectivity index (χ3v) is 3.14. The van der Waals surface area contributed by atoms with E-state index in [0.717, 1.165) is 12.1 Å². The van der Waals surface area contributed by atoms with Gasteiger partial charge in [0.15, 0.2) is 0 Å². The van der Waals surface area contributed by atoms with Crippen molar-refractivity contribution >= 4 is 6.09 Å². The van der Waals surface area contributed by atoms with Gasteiger partial charge in [0.2, 0.25) is 0 Å². The maximum Gasteiger partial charge on any atom is 0.410 e. The number of carbonyl (C=O) groups is 1. The van der Waals surface area contributed by atoms with E-state index in [2.05, 4.69) is 5.32 Å². The van der Waals surface area contributed by atoms with Crippen LogP contribution in [0.5, 0.6) is 0 Å². The quantitative estimate of drug-likeness (QED) is 0.863. The van der Waals surface area contributed by atoms with Crippen molar-refractivity contribution in [1.29, 1.82) is 0 Å². The molecule has 4 nitrogen and oxygen atoms in total. The largest absolute Gasteiger partial charge is 0.447 e. The molecular weight excluding hydrogens is 216 g/mol. The summed E-state index contributed by atoms with van der Waals surface area (Å²) in [6.07, 6.45) is -0.221. The molecule has 1 aromatic rings. The highest BCUT2D eigenvalue weighted by Gasteiger charge is 2.36. The Kier molecular flexibility index (Phi) is 3.64. The molecule has 1 saturated heterocycles. The molecule has 0 radical (unpaired) electrons. The van der Waals surface area contributed by atoms with E-state index in [1.54, 1.807) is 0 Å². The predicted octanol–water partition coefficient (Wildman–Crippen LogP) is 1.79. The molecule has 1 N–H and O–H groups in total. The fourth-order valence-corrected chi connectivity index (χ4v) is 2.23. The molecule has 0 saturated carbocycles. The molecule has 1 heterocycles. The van der Waals surface area contributed by atoms with Crippen molar-refractivity contribution in [2.75, 3.05) is 20.2 Å². The van der Waals surface area contributed by atoms with Crippen LogP contribution in [0, 0.1) is 0 Å². The van der Waals surface area contributed by atoms with E-state index < -0.39 is 0 Å². The average molecular weight is 234 g/mol. The Hall–Kier alpha value is -1.55. The van der Waals surface area contributed by atoms with Crippen LogP contribution in [0.2, 0.25) is 0 Å². The first-order valence-corrected chi connectivity index (χ1v) is 5.88. The zero-order chi connectivity index (χ0) is 12.3. The van der Waals surface area contributed by atoms with Gasteiger partial charge < -0.3 is 10.1 Å². The van der Waals surface area contributed by atoms with Crippen LogP contribution in [-0.2, 0) is 4.74 Å². The summed E-state index contributed by atoms with van der Waals surface area (Å²) >= 11 is 0. The topological polar surface area (TPSA) is 41.6 Å². The number of cyclic esters (lactones) is 1. The number of rotatable bonds is 4. The van der Waals surface area contributed by atoms with Crippen LogP contribution < -0.4 is 5.32 Å². The van der Waals surface area contributed by atoms with Crippen LogP contribution in [0.25, 0.3) is 0 Å². The van der Waals surface area contributed by atoms with E-state index in [1.807, 2.05) is 49.2 Å². The van der Waals surface area contributed by atoms with Gasteiger partial charge in [0.1, 0.15) is 6.61 Å². The number of hydrogen-bond acceptors (Lipinski definition) is 3. The van der Waals surface area contributed by atoms with Crippen molar-refractivity contribution in [2.24, 2.45) is 0 Å². The molecule has 92 valence electrons. The van der Waals surface area contributed by atoms with Crippen LogP contribution in [-0.4, -0.2) is 37.2 Å². The normalized spacial score (nSPS) is 21.4. The molecule has 0 aromatic heterocycles. The van der Waals surface area contributed by atoms with Gasteiger partial charge in [-0.05, 0) is 19.5 Å². The van der Waals surface area contributed by atoms with E-state index in [9.17, 15) is 4.79 Å². The zero-order valence-electron chi connectivity index (χ0n) is 10.2. The van der Waals surface area contributed by atoms with Crippen LogP contribution in [0.1, 0.15) is 18.5 Å². The number of amides is 1. The Bertz CT molecular complexity index is 380. The minimum atomic E-state index is -0.221. The lowest BCUT2D eigenvalue weighted by Gasteiger charge is -2.28. The second-order valence-electron chi connectivity index (χ2n) is 4.28. The van der Waals surface area contributed by atoms with Gasteiger partial charge in [0.25, 0.3) is 0 Å². The summed E-state index contributed by atoms with van der Waals surface area (Å²) in [6, 6.07) is 10.2. The highest BCUT2D eigenvalue weighted by atomic mass is 16.6. The van der Waals surface area contributed by atoms with Gasteiger partial charge in [-0.3, -0.25) is 4.90 Å². The number of likely N-dealkylation sites (N-methyl/N-ethyl adjacent to an activating group) is 1. The Balaban J connectivity index is 2.16. The molecule has 1 amide bonds. The lowest BCUT2D eigenvalue weighted by atomic mass is 10.1. The molecule has 0 spiro atoms. The summed E-state index contributed by atoms with van der Waals surface area (Å²) in [6.45, 7) is 3.25. The third-order valence-electron chi connectivity index (χ3n) is 3.14. The van der Waals surface area contributed by atoms with Gasteiger partial charge in [0.05, 0.1) is 12.1 Å². The molecule has 0 bridgehead atoms. The molecule has 1 aromatic carbocycles. The van der Waals surface area contributed by atoms with Crippen LogP contribution >= 0.6 is 0 Å². The first-order valence-electron chi connectivity index (χ1n) is 5.88. The van der Waals surface area contributed by atoms with E-state index in [0.29, 0.717) is 6.61 Å². The lowest BCUT2D eigenvalue weighted by Crippen LogP contribution is -2.41. The van der Waals surface area contributed by atoms with Gasteiger partial charge in [-0.25, -0.2) is 4.79 Å². The minimum absolute atomic E-state index is 0.0459. The van der Waals surface area contributed by atoms with Crippen LogP contribution in [0.15, 0.2) is 30.3 Å². The van der Waals surface area contributed by atoms with Gasteiger partial charge in [-0.2, -0.15) is 0 Å². The SMILES string of the molecule is CNCC1COC(=O)N1C(C)c1ccccc1. The second-order valence-corrected chi connectivity index (χ2v) is 4.28. The maximum absolute atomic E-state index is 11.8. The first kappa shape index (κ1) is 11.9. The first-order chi connectivity index (χ1) is 8.24. The highest BCUT2D eigenvalue weighted by Crippen LogP contribution is 2.26. The monoisotopic (exact) mass is 234 g/mol. The Morgan fingerprint density at radius 3 is 2.82 bits per heavy atom. The van der Waals surface area contributed by atoms with Crippen molar-refractivity contribution in [2.45, 2.75) is 19.0 Å². The average Bonchev–Trinajstić information content (AvgIpc) is 2.71. The van der Waals surface area contributed by atoms with Gasteiger partial charge >= 0.3 is 6.09 Å². The molecule has 17 heavy (non-hydrogen) atoms. The Morgan fingerprint density at radius 2 is 2.18 bits per heavy atom. The maximum atomic E-state index is 11.8. The molecule has 2 rings (SSSR count). The fraction of sp³-hybridized carbons (Fsp3) is 0.462. The smallest absolute Gasteiger partial charge is 0.410 e. The summed E-state index contributed by atoms with van der Waals surface area (Å²) in [5, 5.41) is 3.09. The Morgan fingerprint density at radius 1 is 1.47 bits per heavy atom. The second kappa shape index (κ2) is 5.19. The number of nitrogens with one attached hydrogen (secondary N) is 1. The number of benzene rings is 1.